The molecule has 2 saturated carbocycles. The van der Waals surface area contributed by atoms with Crippen LogP contribution in [0.2, 0.25) is 0 Å². The summed E-state index contributed by atoms with van der Waals surface area (Å²) in [4.78, 5) is 14.2. The molecule has 0 atom stereocenters. The smallest absolute Gasteiger partial charge is 0.230 e. The first-order chi connectivity index (χ1) is 6.69. The predicted molar refractivity (Wildman–Crippen MR) is 55.7 cm³/mol. The Balaban J connectivity index is 2.06. The zero-order chi connectivity index (χ0) is 10.2. The van der Waals surface area contributed by atoms with Crippen LogP contribution in [0, 0.1) is 5.41 Å². The number of rotatable bonds is 3. The minimum absolute atomic E-state index is 0.197. The van der Waals surface area contributed by atoms with Crippen molar-refractivity contribution in [2.24, 2.45) is 11.1 Å². The van der Waals surface area contributed by atoms with Gasteiger partial charge in [-0.1, -0.05) is 12.8 Å². The lowest BCUT2D eigenvalue weighted by Crippen LogP contribution is -2.45. The molecule has 2 fully saturated rings. The number of carbonyl (C=O) groups is 1. The van der Waals surface area contributed by atoms with Crippen molar-refractivity contribution in [1.29, 1.82) is 0 Å². The van der Waals surface area contributed by atoms with Crippen LogP contribution < -0.4 is 5.73 Å². The Morgan fingerprint density at radius 1 is 1.43 bits per heavy atom. The van der Waals surface area contributed by atoms with Gasteiger partial charge >= 0.3 is 0 Å². The van der Waals surface area contributed by atoms with Crippen molar-refractivity contribution in [2.75, 3.05) is 13.6 Å². The van der Waals surface area contributed by atoms with E-state index in [2.05, 4.69) is 0 Å². The summed E-state index contributed by atoms with van der Waals surface area (Å²) >= 11 is 0. The average molecular weight is 196 g/mol. The van der Waals surface area contributed by atoms with Crippen molar-refractivity contribution in [1.82, 2.24) is 4.90 Å². The summed E-state index contributed by atoms with van der Waals surface area (Å²) in [6, 6.07) is 0.520. The van der Waals surface area contributed by atoms with Gasteiger partial charge in [0.15, 0.2) is 0 Å². The third-order valence-corrected chi connectivity index (χ3v) is 3.82. The molecule has 0 aromatic carbocycles. The Hall–Kier alpha value is -0.570. The summed E-state index contributed by atoms with van der Waals surface area (Å²) in [7, 11) is 1.94. The monoisotopic (exact) mass is 196 g/mol. The maximum Gasteiger partial charge on any atom is 0.230 e. The molecule has 80 valence electrons. The standard InChI is InChI=1S/C11H20N2O/c1-13(9-4-5-9)10(14)11(8-12)6-2-3-7-11/h9H,2-8,12H2,1H3. The fourth-order valence-electron chi connectivity index (χ4n) is 2.56. The van der Waals surface area contributed by atoms with E-state index in [9.17, 15) is 4.79 Å². The highest BCUT2D eigenvalue weighted by Gasteiger charge is 2.44. The van der Waals surface area contributed by atoms with Gasteiger partial charge in [-0.25, -0.2) is 0 Å². The van der Waals surface area contributed by atoms with Gasteiger partial charge in [0.05, 0.1) is 5.41 Å². The van der Waals surface area contributed by atoms with Gasteiger partial charge in [-0.15, -0.1) is 0 Å². The van der Waals surface area contributed by atoms with E-state index >= 15 is 0 Å². The lowest BCUT2D eigenvalue weighted by atomic mass is 9.84. The minimum atomic E-state index is -0.197. The number of hydrogen-bond acceptors (Lipinski definition) is 2. The van der Waals surface area contributed by atoms with E-state index in [-0.39, 0.29) is 5.41 Å². The molecule has 3 nitrogen and oxygen atoms in total. The molecular formula is C11H20N2O. The number of carbonyl (C=O) groups excluding carboxylic acids is 1. The van der Waals surface area contributed by atoms with Crippen molar-refractivity contribution in [3.05, 3.63) is 0 Å². The molecular weight excluding hydrogens is 176 g/mol. The van der Waals surface area contributed by atoms with Crippen LogP contribution in [0.1, 0.15) is 38.5 Å². The molecule has 0 radical (unpaired) electrons. The van der Waals surface area contributed by atoms with Crippen LogP contribution in [0.3, 0.4) is 0 Å². The van der Waals surface area contributed by atoms with Gasteiger partial charge in [-0.05, 0) is 25.7 Å². The zero-order valence-electron chi connectivity index (χ0n) is 8.96. The fourth-order valence-corrected chi connectivity index (χ4v) is 2.56. The third kappa shape index (κ3) is 1.54. The van der Waals surface area contributed by atoms with Gasteiger partial charge < -0.3 is 10.6 Å². The number of amides is 1. The first-order valence-electron chi connectivity index (χ1n) is 5.67. The molecule has 0 saturated heterocycles. The molecule has 0 bridgehead atoms. The van der Waals surface area contributed by atoms with E-state index in [0.717, 1.165) is 12.8 Å². The lowest BCUT2D eigenvalue weighted by molar-refractivity contribution is -0.140. The first-order valence-corrected chi connectivity index (χ1v) is 5.67. The molecule has 2 N–H and O–H groups in total. The number of hydrogen-bond donors (Lipinski definition) is 1. The van der Waals surface area contributed by atoms with Crippen LogP contribution in [0.15, 0.2) is 0 Å². The first kappa shape index (κ1) is 9.97. The Labute approximate surface area is 85.6 Å². The molecule has 2 aliphatic rings. The summed E-state index contributed by atoms with van der Waals surface area (Å²) in [5, 5.41) is 0. The van der Waals surface area contributed by atoms with Gasteiger partial charge in [-0.2, -0.15) is 0 Å². The quantitative estimate of drug-likeness (QED) is 0.735. The topological polar surface area (TPSA) is 46.3 Å². The number of nitrogens with zero attached hydrogens (tertiary/aromatic N) is 1. The van der Waals surface area contributed by atoms with Crippen LogP contribution in [-0.2, 0) is 4.79 Å². The van der Waals surface area contributed by atoms with Crippen LogP contribution >= 0.6 is 0 Å². The highest BCUT2D eigenvalue weighted by Crippen LogP contribution is 2.40. The molecule has 1 amide bonds. The van der Waals surface area contributed by atoms with Crippen molar-refractivity contribution >= 4 is 5.91 Å². The normalized spacial score (nSPS) is 25.0. The summed E-state index contributed by atoms with van der Waals surface area (Å²) < 4.78 is 0. The molecule has 0 unspecified atom stereocenters. The Morgan fingerprint density at radius 2 is 2.00 bits per heavy atom. The largest absolute Gasteiger partial charge is 0.342 e. The molecule has 0 spiro atoms. The SMILES string of the molecule is CN(C(=O)C1(CN)CCCC1)C1CC1. The van der Waals surface area contributed by atoms with Crippen LogP contribution in [-0.4, -0.2) is 30.4 Å². The third-order valence-electron chi connectivity index (χ3n) is 3.82. The molecule has 0 aliphatic heterocycles. The summed E-state index contributed by atoms with van der Waals surface area (Å²) in [6.07, 6.45) is 6.70. The van der Waals surface area contributed by atoms with Gasteiger partial charge in [0.1, 0.15) is 0 Å². The van der Waals surface area contributed by atoms with E-state index < -0.39 is 0 Å². The van der Waals surface area contributed by atoms with E-state index in [4.69, 9.17) is 5.73 Å². The molecule has 2 rings (SSSR count). The van der Waals surface area contributed by atoms with E-state index in [1.807, 2.05) is 11.9 Å². The van der Waals surface area contributed by atoms with Crippen molar-refractivity contribution in [3.8, 4) is 0 Å². The Bertz CT molecular complexity index is 229. The van der Waals surface area contributed by atoms with E-state index in [0.29, 0.717) is 18.5 Å². The van der Waals surface area contributed by atoms with E-state index in [1.165, 1.54) is 25.7 Å². The molecule has 0 aromatic heterocycles. The van der Waals surface area contributed by atoms with Crippen molar-refractivity contribution < 1.29 is 4.79 Å². The second kappa shape index (κ2) is 3.54. The van der Waals surface area contributed by atoms with Crippen LogP contribution in [0.25, 0.3) is 0 Å². The molecule has 2 aliphatic carbocycles. The highest BCUT2D eigenvalue weighted by molar-refractivity contribution is 5.83. The molecule has 3 heteroatoms. The lowest BCUT2D eigenvalue weighted by Gasteiger charge is -2.31. The van der Waals surface area contributed by atoms with Crippen LogP contribution in [0.5, 0.6) is 0 Å². The highest BCUT2D eigenvalue weighted by atomic mass is 16.2. The van der Waals surface area contributed by atoms with Gasteiger partial charge in [-0.3, -0.25) is 4.79 Å². The molecule has 0 aromatic rings. The molecule has 0 heterocycles. The Morgan fingerprint density at radius 3 is 2.43 bits per heavy atom. The van der Waals surface area contributed by atoms with Gasteiger partial charge in [0, 0.05) is 19.6 Å². The van der Waals surface area contributed by atoms with Gasteiger partial charge in [0.25, 0.3) is 0 Å². The summed E-state index contributed by atoms with van der Waals surface area (Å²) in [5.74, 6) is 0.306. The van der Waals surface area contributed by atoms with Crippen LogP contribution in [0.4, 0.5) is 0 Å². The number of nitrogens with two attached hydrogens (primary N) is 1. The second-order valence-corrected chi connectivity index (χ2v) is 4.84. The predicted octanol–water partition coefficient (Wildman–Crippen LogP) is 1.13. The summed E-state index contributed by atoms with van der Waals surface area (Å²) in [6.45, 7) is 0.531. The zero-order valence-corrected chi connectivity index (χ0v) is 8.96. The van der Waals surface area contributed by atoms with Crippen molar-refractivity contribution in [3.63, 3.8) is 0 Å². The minimum Gasteiger partial charge on any atom is -0.342 e. The second-order valence-electron chi connectivity index (χ2n) is 4.84. The average Bonchev–Trinajstić information content (AvgIpc) is 2.94. The van der Waals surface area contributed by atoms with Crippen molar-refractivity contribution in [2.45, 2.75) is 44.6 Å². The maximum absolute atomic E-state index is 12.2. The molecule has 14 heavy (non-hydrogen) atoms. The summed E-state index contributed by atoms with van der Waals surface area (Å²) in [5.41, 5.74) is 5.58. The fraction of sp³-hybridized carbons (Fsp3) is 0.909. The maximum atomic E-state index is 12.2. The van der Waals surface area contributed by atoms with Gasteiger partial charge in [0.2, 0.25) is 5.91 Å². The van der Waals surface area contributed by atoms with E-state index in [1.54, 1.807) is 0 Å². The Kier molecular flexibility index (Phi) is 2.52.